The second kappa shape index (κ2) is 12.1. The Balaban J connectivity index is 1.48. The van der Waals surface area contributed by atoms with Gasteiger partial charge in [-0.25, -0.2) is 4.99 Å². The average molecular weight is 657 g/mol. The Kier molecular flexibility index (Phi) is 7.65. The SMILES string of the molecule is Cc1cc(C)c(/C2=C3\C=CC(=N3)/C(c3ccc(N)cc3)=c3/cc/c([nH]3)=C(\c3c(C)cc(C)cc3C)C3C=C/C(=C/c4ccc2[nH]4)P3)c(C)c1. The molecule has 0 fully saturated rings. The number of H-pyrrole nitrogens is 2. The first-order valence-electron chi connectivity index (χ1n) is 17.0. The molecule has 2 aromatic heterocycles. The van der Waals surface area contributed by atoms with Crippen LogP contribution in [0.15, 0.2) is 113 Å². The van der Waals surface area contributed by atoms with Crippen molar-refractivity contribution < 1.29 is 0 Å². The largest absolute Gasteiger partial charge is 0.399 e. The van der Waals surface area contributed by atoms with Crippen LogP contribution in [0.1, 0.15) is 61.5 Å². The van der Waals surface area contributed by atoms with Gasteiger partial charge in [0.25, 0.3) is 0 Å². The number of nitrogens with zero attached hydrogens (tertiary/aromatic N) is 1. The molecule has 5 aromatic rings. The Hall–Kier alpha value is -5.18. The summed E-state index contributed by atoms with van der Waals surface area (Å²) < 4.78 is 0. The van der Waals surface area contributed by atoms with E-state index in [1.165, 1.54) is 55.4 Å². The van der Waals surface area contributed by atoms with E-state index >= 15 is 0 Å². The molecule has 4 nitrogen and oxygen atoms in total. The van der Waals surface area contributed by atoms with Gasteiger partial charge in [-0.2, -0.15) is 0 Å². The Morgan fingerprint density at radius 3 is 2.00 bits per heavy atom. The maximum Gasteiger partial charge on any atom is 0.0737 e. The Bertz CT molecular complexity index is 2430. The third-order valence-electron chi connectivity index (χ3n) is 9.86. The van der Waals surface area contributed by atoms with Gasteiger partial charge in [0.05, 0.1) is 11.4 Å². The van der Waals surface area contributed by atoms with Crippen LogP contribution in [-0.4, -0.2) is 21.3 Å². The molecular formula is C44H41N4P. The van der Waals surface area contributed by atoms with Crippen molar-refractivity contribution in [2.45, 2.75) is 47.2 Å². The fraction of sp³-hybridized carbons (Fsp3) is 0.159. The zero-order valence-corrected chi connectivity index (χ0v) is 29.9. The molecule has 3 aliphatic rings. The molecule has 2 unspecified atom stereocenters. The first kappa shape index (κ1) is 31.1. The van der Waals surface area contributed by atoms with Crippen LogP contribution in [0.25, 0.3) is 22.8 Å². The molecule has 0 saturated heterocycles. The van der Waals surface area contributed by atoms with Gasteiger partial charge < -0.3 is 15.7 Å². The number of rotatable bonds is 3. The van der Waals surface area contributed by atoms with E-state index < -0.39 is 0 Å². The topological polar surface area (TPSA) is 70.0 Å². The smallest absolute Gasteiger partial charge is 0.0737 e. The van der Waals surface area contributed by atoms with Gasteiger partial charge in [0.15, 0.2) is 0 Å². The van der Waals surface area contributed by atoms with Crippen molar-refractivity contribution in [1.29, 1.82) is 0 Å². The molecule has 0 amide bonds. The lowest BCUT2D eigenvalue weighted by molar-refractivity contribution is 1.20. The molecule has 5 heterocycles. The van der Waals surface area contributed by atoms with Gasteiger partial charge in [-0.1, -0.05) is 68.3 Å². The number of aryl methyl sites for hydroxylation is 6. The third-order valence-corrected chi connectivity index (χ3v) is 11.3. The van der Waals surface area contributed by atoms with Crippen molar-refractivity contribution >= 4 is 42.8 Å². The quantitative estimate of drug-likeness (QED) is 0.132. The van der Waals surface area contributed by atoms with Crippen LogP contribution < -0.4 is 16.4 Å². The van der Waals surface area contributed by atoms with Crippen LogP contribution in [0.3, 0.4) is 0 Å². The maximum atomic E-state index is 6.19. The number of nitrogens with two attached hydrogens (primary N) is 1. The van der Waals surface area contributed by atoms with Gasteiger partial charge >= 0.3 is 0 Å². The van der Waals surface area contributed by atoms with E-state index in [2.05, 4.69) is 143 Å². The molecule has 4 N–H and O–H groups in total. The molecule has 3 aliphatic heterocycles. The summed E-state index contributed by atoms with van der Waals surface area (Å²) in [5.41, 5.74) is 26.0. The average Bonchev–Trinajstić information content (AvgIpc) is 3.87. The zero-order valence-electron chi connectivity index (χ0n) is 28.9. The monoisotopic (exact) mass is 656 g/mol. The second-order valence-corrected chi connectivity index (χ2v) is 15.2. The highest BCUT2D eigenvalue weighted by Crippen LogP contribution is 2.45. The van der Waals surface area contributed by atoms with Crippen LogP contribution in [0.2, 0.25) is 0 Å². The van der Waals surface area contributed by atoms with Crippen molar-refractivity contribution in [3.05, 3.63) is 180 Å². The summed E-state index contributed by atoms with van der Waals surface area (Å²) in [5, 5.41) is 3.51. The summed E-state index contributed by atoms with van der Waals surface area (Å²) in [6.07, 6.45) is 11.4. The summed E-state index contributed by atoms with van der Waals surface area (Å²) in [6, 6.07) is 26.2. The number of fused-ring (bicyclic) bond motifs is 7. The number of aromatic nitrogens is 2. The molecular weight excluding hydrogens is 615 g/mol. The van der Waals surface area contributed by atoms with E-state index in [-0.39, 0.29) is 5.66 Å². The minimum Gasteiger partial charge on any atom is -0.399 e. The fourth-order valence-corrected chi connectivity index (χ4v) is 9.44. The van der Waals surface area contributed by atoms with Crippen molar-refractivity contribution in [3.8, 4) is 0 Å². The van der Waals surface area contributed by atoms with Crippen LogP contribution in [0.5, 0.6) is 0 Å². The second-order valence-electron chi connectivity index (χ2n) is 13.7. The van der Waals surface area contributed by atoms with Gasteiger partial charge in [0.1, 0.15) is 0 Å². The minimum absolute atomic E-state index is 0.254. The summed E-state index contributed by atoms with van der Waals surface area (Å²) >= 11 is 0. The minimum atomic E-state index is 0.254. The molecule has 8 bridgehead atoms. The molecule has 242 valence electrons. The van der Waals surface area contributed by atoms with Crippen molar-refractivity contribution in [2.75, 3.05) is 5.73 Å². The van der Waals surface area contributed by atoms with Gasteiger partial charge in [-0.15, -0.1) is 0 Å². The predicted molar refractivity (Wildman–Crippen MR) is 210 cm³/mol. The van der Waals surface area contributed by atoms with E-state index in [1.807, 2.05) is 12.1 Å². The zero-order chi connectivity index (χ0) is 34.0. The first-order chi connectivity index (χ1) is 23.6. The number of hydrogen-bond donors (Lipinski definition) is 3. The number of nitrogen functional groups attached to an aromatic ring is 1. The van der Waals surface area contributed by atoms with Crippen LogP contribution >= 0.6 is 8.58 Å². The third kappa shape index (κ3) is 5.61. The van der Waals surface area contributed by atoms with E-state index in [4.69, 9.17) is 10.7 Å². The number of aromatic amines is 2. The Morgan fingerprint density at radius 2 is 1.31 bits per heavy atom. The number of nitrogens with one attached hydrogen (secondary N) is 2. The molecule has 3 aromatic carbocycles. The van der Waals surface area contributed by atoms with E-state index in [9.17, 15) is 0 Å². The predicted octanol–water partition coefficient (Wildman–Crippen LogP) is 8.62. The van der Waals surface area contributed by atoms with Crippen LogP contribution in [0, 0.1) is 41.5 Å². The molecule has 49 heavy (non-hydrogen) atoms. The highest BCUT2D eigenvalue weighted by molar-refractivity contribution is 7.46. The van der Waals surface area contributed by atoms with Gasteiger partial charge in [0, 0.05) is 44.6 Å². The van der Waals surface area contributed by atoms with Gasteiger partial charge in [0.2, 0.25) is 0 Å². The molecule has 0 radical (unpaired) electrons. The summed E-state index contributed by atoms with van der Waals surface area (Å²) in [4.78, 5) is 13.1. The van der Waals surface area contributed by atoms with E-state index in [0.29, 0.717) is 8.58 Å². The van der Waals surface area contributed by atoms with Gasteiger partial charge in [-0.05, 0) is 146 Å². The van der Waals surface area contributed by atoms with Crippen molar-refractivity contribution in [1.82, 2.24) is 9.97 Å². The lowest BCUT2D eigenvalue weighted by Crippen LogP contribution is -2.22. The number of benzene rings is 3. The van der Waals surface area contributed by atoms with Crippen molar-refractivity contribution in [3.63, 3.8) is 0 Å². The number of allylic oxidation sites excluding steroid dienone is 5. The van der Waals surface area contributed by atoms with Gasteiger partial charge in [-0.3, -0.25) is 0 Å². The Morgan fingerprint density at radius 1 is 0.653 bits per heavy atom. The van der Waals surface area contributed by atoms with Crippen molar-refractivity contribution in [2.24, 2.45) is 4.99 Å². The summed E-state index contributed by atoms with van der Waals surface area (Å²) in [6.45, 7) is 13.3. The lowest BCUT2D eigenvalue weighted by atomic mass is 9.91. The fourth-order valence-electron chi connectivity index (χ4n) is 8.01. The maximum absolute atomic E-state index is 6.19. The normalized spacial score (nSPS) is 22.1. The highest BCUT2D eigenvalue weighted by atomic mass is 31.1. The molecule has 0 spiro atoms. The highest BCUT2D eigenvalue weighted by Gasteiger charge is 2.25. The number of hydrogen-bond acceptors (Lipinski definition) is 2. The number of anilines is 1. The molecule has 0 saturated carbocycles. The standard InChI is InChI=1S/C44H41N4P/c1-24-19-26(3)40(27(4)20-24)43-36-13-11-32(46-36)23-33-12-18-39(49-33)44(41-28(5)21-25(2)22-29(41)6)38-17-15-35(48-38)42(34-14-16-37(43)47-34)30-7-9-31(45)10-8-30/h7-23,39,46,48-49H,45H2,1-6H3/b33-23-,42-35-,43-37+,44-38+. The lowest BCUT2D eigenvalue weighted by Gasteiger charge is -2.19. The molecule has 2 atom stereocenters. The van der Waals surface area contributed by atoms with E-state index in [0.717, 1.165) is 55.9 Å². The number of aliphatic imine (C=N–C) groups is 1. The van der Waals surface area contributed by atoms with Crippen LogP contribution in [-0.2, 0) is 0 Å². The Labute approximate surface area is 290 Å². The van der Waals surface area contributed by atoms with E-state index in [1.54, 1.807) is 0 Å². The molecule has 8 rings (SSSR count). The summed E-state index contributed by atoms with van der Waals surface area (Å²) in [7, 11) is 0.605. The van der Waals surface area contributed by atoms with Crippen LogP contribution in [0.4, 0.5) is 5.69 Å². The molecule has 5 heteroatoms. The summed E-state index contributed by atoms with van der Waals surface area (Å²) in [5.74, 6) is 0. The first-order valence-corrected chi connectivity index (χ1v) is 18.0. The molecule has 0 aliphatic carbocycles.